The fourth-order valence-electron chi connectivity index (χ4n) is 3.84. The summed E-state index contributed by atoms with van der Waals surface area (Å²) < 4.78 is 2.33. The van der Waals surface area contributed by atoms with Gasteiger partial charge in [-0.3, -0.25) is 19.0 Å². The van der Waals surface area contributed by atoms with Crippen LogP contribution >= 0.6 is 23.1 Å². The Morgan fingerprint density at radius 2 is 1.97 bits per heavy atom. The number of fused-ring (bicyclic) bond motifs is 1. The molecular formula is C20H27N3O4S2. The van der Waals surface area contributed by atoms with Crippen LogP contribution in [-0.4, -0.2) is 50.3 Å². The Hall–Kier alpha value is -1.87. The highest BCUT2D eigenvalue weighted by Crippen LogP contribution is 2.31. The minimum Gasteiger partial charge on any atom is -0.481 e. The van der Waals surface area contributed by atoms with E-state index in [4.69, 9.17) is 0 Å². The van der Waals surface area contributed by atoms with Crippen molar-refractivity contribution in [3.63, 3.8) is 0 Å². The Balaban J connectivity index is 1.80. The molecule has 1 fully saturated rings. The molecule has 0 aliphatic heterocycles. The number of carboxylic acid groups (broad SMARTS) is 1. The average Bonchev–Trinajstić information content (AvgIpc) is 3.19. The summed E-state index contributed by atoms with van der Waals surface area (Å²) in [4.78, 5) is 43.1. The molecule has 1 amide bonds. The molecule has 7 nitrogen and oxygen atoms in total. The van der Waals surface area contributed by atoms with Crippen molar-refractivity contribution in [2.75, 3.05) is 18.8 Å². The summed E-state index contributed by atoms with van der Waals surface area (Å²) in [6.07, 6.45) is 2.86. The first-order valence-electron chi connectivity index (χ1n) is 10.1. The second kappa shape index (κ2) is 9.75. The highest BCUT2D eigenvalue weighted by molar-refractivity contribution is 7.99. The van der Waals surface area contributed by atoms with Crippen LogP contribution in [-0.2, 0) is 16.1 Å². The molecule has 3 rings (SSSR count). The van der Waals surface area contributed by atoms with Crippen LogP contribution < -0.4 is 5.56 Å². The van der Waals surface area contributed by atoms with Crippen molar-refractivity contribution in [1.29, 1.82) is 0 Å². The van der Waals surface area contributed by atoms with E-state index in [1.807, 2.05) is 25.3 Å². The first-order chi connectivity index (χ1) is 13.9. The largest absolute Gasteiger partial charge is 0.481 e. The zero-order chi connectivity index (χ0) is 21.0. The maximum Gasteiger partial charge on any atom is 0.306 e. The molecule has 1 N–H and O–H groups in total. The first kappa shape index (κ1) is 21.8. The van der Waals surface area contributed by atoms with Gasteiger partial charge in [0.2, 0.25) is 5.91 Å². The molecule has 0 atom stereocenters. The summed E-state index contributed by atoms with van der Waals surface area (Å²) in [5.74, 6) is -0.474. The van der Waals surface area contributed by atoms with E-state index in [0.717, 1.165) is 12.8 Å². The van der Waals surface area contributed by atoms with Gasteiger partial charge in [-0.05, 0) is 56.9 Å². The Morgan fingerprint density at radius 3 is 2.59 bits per heavy atom. The average molecular weight is 438 g/mol. The van der Waals surface area contributed by atoms with E-state index >= 15 is 0 Å². The summed E-state index contributed by atoms with van der Waals surface area (Å²) >= 11 is 2.69. The molecule has 1 aliphatic carbocycles. The van der Waals surface area contributed by atoms with Crippen LogP contribution in [0, 0.1) is 11.8 Å². The van der Waals surface area contributed by atoms with Gasteiger partial charge in [0.25, 0.3) is 5.56 Å². The van der Waals surface area contributed by atoms with E-state index in [2.05, 4.69) is 4.98 Å². The van der Waals surface area contributed by atoms with Gasteiger partial charge in [-0.15, -0.1) is 11.3 Å². The highest BCUT2D eigenvalue weighted by atomic mass is 32.2. The van der Waals surface area contributed by atoms with Gasteiger partial charge >= 0.3 is 5.97 Å². The van der Waals surface area contributed by atoms with Crippen molar-refractivity contribution in [3.05, 3.63) is 21.8 Å². The SMILES string of the molecule is CCN(CC)C(=O)CSc1nc2ccsc2c(=O)n1CC1CCC(C(=O)O)CC1. The zero-order valence-electron chi connectivity index (χ0n) is 16.8. The standard InChI is InChI=1S/C20H27N3O4S2/c1-3-22(4-2)16(24)12-29-20-21-15-9-10-28-17(15)18(25)23(20)11-13-5-7-14(8-6-13)19(26)27/h9-10,13-14H,3-8,11-12H2,1-2H3,(H,26,27). The Kier molecular flexibility index (Phi) is 7.34. The molecule has 1 saturated carbocycles. The minimum absolute atomic E-state index is 0.0354. The molecule has 1 aliphatic rings. The smallest absolute Gasteiger partial charge is 0.306 e. The molecule has 0 spiro atoms. The fourth-order valence-corrected chi connectivity index (χ4v) is 5.53. The summed E-state index contributed by atoms with van der Waals surface area (Å²) in [7, 11) is 0. The third kappa shape index (κ3) is 5.01. The quantitative estimate of drug-likeness (QED) is 0.503. The molecule has 158 valence electrons. The molecule has 2 aromatic rings. The highest BCUT2D eigenvalue weighted by Gasteiger charge is 2.27. The predicted molar refractivity (Wildman–Crippen MR) is 116 cm³/mol. The molecule has 2 aromatic heterocycles. The molecule has 2 heterocycles. The maximum atomic E-state index is 13.1. The minimum atomic E-state index is -0.728. The molecule has 0 unspecified atom stereocenters. The van der Waals surface area contributed by atoms with Crippen molar-refractivity contribution in [2.45, 2.75) is 51.2 Å². The lowest BCUT2D eigenvalue weighted by Crippen LogP contribution is -2.33. The predicted octanol–water partition coefficient (Wildman–Crippen LogP) is 3.31. The maximum absolute atomic E-state index is 13.1. The monoisotopic (exact) mass is 437 g/mol. The van der Waals surface area contributed by atoms with Crippen LogP contribution in [0.1, 0.15) is 39.5 Å². The normalized spacial score (nSPS) is 19.4. The summed E-state index contributed by atoms with van der Waals surface area (Å²) in [6.45, 7) is 5.74. The molecule has 0 bridgehead atoms. The summed E-state index contributed by atoms with van der Waals surface area (Å²) in [5.41, 5.74) is 0.603. The third-order valence-electron chi connectivity index (χ3n) is 5.61. The van der Waals surface area contributed by atoms with Crippen LogP contribution in [0.25, 0.3) is 10.2 Å². The number of thiophene rings is 1. The number of carboxylic acids is 1. The number of carbonyl (C=O) groups excluding carboxylic acids is 1. The van der Waals surface area contributed by atoms with Gasteiger partial charge in [0.05, 0.1) is 17.2 Å². The molecule has 0 saturated heterocycles. The van der Waals surface area contributed by atoms with Gasteiger partial charge in [-0.2, -0.15) is 0 Å². The number of nitrogens with zero attached hydrogens (tertiary/aromatic N) is 3. The van der Waals surface area contributed by atoms with E-state index in [-0.39, 0.29) is 29.1 Å². The second-order valence-corrected chi connectivity index (χ2v) is 9.21. The van der Waals surface area contributed by atoms with E-state index < -0.39 is 5.97 Å². The number of rotatable bonds is 8. The number of aromatic nitrogens is 2. The number of carbonyl (C=O) groups is 2. The van der Waals surface area contributed by atoms with E-state index in [1.165, 1.54) is 23.1 Å². The lowest BCUT2D eigenvalue weighted by molar-refractivity contribution is -0.143. The van der Waals surface area contributed by atoms with Crippen molar-refractivity contribution in [2.24, 2.45) is 11.8 Å². The fraction of sp³-hybridized carbons (Fsp3) is 0.600. The van der Waals surface area contributed by atoms with Gasteiger partial charge in [-0.25, -0.2) is 4.98 Å². The molecule has 9 heteroatoms. The molecule has 0 aromatic carbocycles. The zero-order valence-corrected chi connectivity index (χ0v) is 18.4. The Labute approximate surface area is 178 Å². The third-order valence-corrected chi connectivity index (χ3v) is 7.46. The Morgan fingerprint density at radius 1 is 1.28 bits per heavy atom. The summed E-state index contributed by atoms with van der Waals surface area (Å²) in [5, 5.41) is 11.6. The van der Waals surface area contributed by atoms with E-state index in [9.17, 15) is 19.5 Å². The van der Waals surface area contributed by atoms with Crippen molar-refractivity contribution < 1.29 is 14.7 Å². The van der Waals surface area contributed by atoms with Crippen molar-refractivity contribution in [1.82, 2.24) is 14.5 Å². The summed E-state index contributed by atoms with van der Waals surface area (Å²) in [6, 6.07) is 1.83. The van der Waals surface area contributed by atoms with Gasteiger partial charge < -0.3 is 10.0 Å². The Bertz CT molecular complexity index is 927. The van der Waals surface area contributed by atoms with E-state index in [1.54, 1.807) is 9.47 Å². The second-order valence-electron chi connectivity index (χ2n) is 7.36. The van der Waals surface area contributed by atoms with Crippen molar-refractivity contribution >= 4 is 45.2 Å². The van der Waals surface area contributed by atoms with E-state index in [0.29, 0.717) is 47.8 Å². The van der Waals surface area contributed by atoms with Crippen LogP contribution in [0.4, 0.5) is 0 Å². The topological polar surface area (TPSA) is 92.5 Å². The van der Waals surface area contributed by atoms with Gasteiger partial charge in [0.15, 0.2) is 5.16 Å². The van der Waals surface area contributed by atoms with Crippen LogP contribution in [0.5, 0.6) is 0 Å². The molecule has 29 heavy (non-hydrogen) atoms. The van der Waals surface area contributed by atoms with Gasteiger partial charge in [0.1, 0.15) is 4.70 Å². The number of hydrogen-bond donors (Lipinski definition) is 1. The van der Waals surface area contributed by atoms with Gasteiger partial charge in [0, 0.05) is 19.6 Å². The number of thioether (sulfide) groups is 1. The number of aliphatic carboxylic acids is 1. The van der Waals surface area contributed by atoms with Crippen molar-refractivity contribution in [3.8, 4) is 0 Å². The lowest BCUT2D eigenvalue weighted by Gasteiger charge is -2.27. The number of hydrogen-bond acceptors (Lipinski definition) is 6. The lowest BCUT2D eigenvalue weighted by atomic mass is 9.82. The number of amides is 1. The molecule has 0 radical (unpaired) electrons. The van der Waals surface area contributed by atoms with Crippen LogP contribution in [0.2, 0.25) is 0 Å². The first-order valence-corrected chi connectivity index (χ1v) is 11.9. The van der Waals surface area contributed by atoms with Crippen LogP contribution in [0.15, 0.2) is 21.4 Å². The van der Waals surface area contributed by atoms with Gasteiger partial charge in [-0.1, -0.05) is 11.8 Å². The molecular weight excluding hydrogens is 410 g/mol. The van der Waals surface area contributed by atoms with Crippen LogP contribution in [0.3, 0.4) is 0 Å².